The highest BCUT2D eigenvalue weighted by Crippen LogP contribution is 2.40. The highest BCUT2D eigenvalue weighted by atomic mass is 32.1. The highest BCUT2D eigenvalue weighted by Gasteiger charge is 2.36. The molecule has 2 aliphatic rings. The van der Waals surface area contributed by atoms with Crippen molar-refractivity contribution in [1.82, 2.24) is 4.98 Å². The topological polar surface area (TPSA) is 42.1 Å². The lowest BCUT2D eigenvalue weighted by Crippen LogP contribution is -2.34. The molecular weight excluding hydrogens is 206 g/mol. The van der Waals surface area contributed by atoms with Crippen molar-refractivity contribution >= 4 is 21.5 Å². The van der Waals surface area contributed by atoms with Crippen molar-refractivity contribution in [2.75, 3.05) is 17.2 Å². The van der Waals surface area contributed by atoms with Crippen LogP contribution in [0.5, 0.6) is 0 Å². The van der Waals surface area contributed by atoms with Crippen LogP contribution in [0.1, 0.15) is 32.1 Å². The summed E-state index contributed by atoms with van der Waals surface area (Å²) in [5.41, 5.74) is 5.74. The predicted octanol–water partition coefficient (Wildman–Crippen LogP) is 2.49. The second-order valence-electron chi connectivity index (χ2n) is 4.64. The van der Waals surface area contributed by atoms with Gasteiger partial charge in [-0.1, -0.05) is 24.2 Å². The summed E-state index contributed by atoms with van der Waals surface area (Å²) < 4.78 is 0. The van der Waals surface area contributed by atoms with Crippen LogP contribution in [0.4, 0.5) is 10.1 Å². The molecule has 0 radical (unpaired) electrons. The summed E-state index contributed by atoms with van der Waals surface area (Å²) in [5.74, 6) is 0.920. The zero-order chi connectivity index (χ0) is 10.3. The number of rotatable bonds is 1. The number of nitrogen functional groups attached to an aromatic ring is 1. The van der Waals surface area contributed by atoms with Gasteiger partial charge in [-0.2, -0.15) is 0 Å². The monoisotopic (exact) mass is 223 g/mol. The van der Waals surface area contributed by atoms with Crippen molar-refractivity contribution < 1.29 is 0 Å². The van der Waals surface area contributed by atoms with Gasteiger partial charge in [-0.25, -0.2) is 4.98 Å². The zero-order valence-corrected chi connectivity index (χ0v) is 9.67. The molecule has 2 atom stereocenters. The summed E-state index contributed by atoms with van der Waals surface area (Å²) in [6, 6.07) is 0.754. The van der Waals surface area contributed by atoms with Crippen LogP contribution in [0, 0.1) is 5.92 Å². The molecule has 82 valence electrons. The van der Waals surface area contributed by atoms with E-state index in [9.17, 15) is 0 Å². The van der Waals surface area contributed by atoms with E-state index in [-0.39, 0.29) is 0 Å². The summed E-state index contributed by atoms with van der Waals surface area (Å²) >= 11 is 1.63. The van der Waals surface area contributed by atoms with Crippen LogP contribution >= 0.6 is 11.3 Å². The van der Waals surface area contributed by atoms with Crippen LogP contribution in [0.3, 0.4) is 0 Å². The van der Waals surface area contributed by atoms with Gasteiger partial charge in [0, 0.05) is 12.6 Å². The molecule has 3 nitrogen and oxygen atoms in total. The molecule has 2 heterocycles. The molecule has 1 aliphatic heterocycles. The molecule has 2 N–H and O–H groups in total. The molecule has 3 rings (SSSR count). The van der Waals surface area contributed by atoms with E-state index in [1.807, 2.05) is 0 Å². The van der Waals surface area contributed by atoms with Crippen molar-refractivity contribution in [3.8, 4) is 0 Å². The van der Waals surface area contributed by atoms with E-state index >= 15 is 0 Å². The standard InChI is InChI=1S/C11H17N3S/c12-10-7-13-11(15-10)14-6-5-8-3-1-2-4-9(8)14/h7-9H,1-6,12H2. The second-order valence-corrected chi connectivity index (χ2v) is 5.68. The van der Waals surface area contributed by atoms with Crippen LogP contribution < -0.4 is 10.6 Å². The van der Waals surface area contributed by atoms with Crippen LogP contribution in [-0.4, -0.2) is 17.6 Å². The fourth-order valence-electron chi connectivity index (χ4n) is 3.05. The van der Waals surface area contributed by atoms with E-state index in [0.29, 0.717) is 0 Å². The van der Waals surface area contributed by atoms with Crippen LogP contribution in [0.2, 0.25) is 0 Å². The maximum atomic E-state index is 5.74. The van der Waals surface area contributed by atoms with Crippen LogP contribution in [0.15, 0.2) is 6.20 Å². The fraction of sp³-hybridized carbons (Fsp3) is 0.727. The van der Waals surface area contributed by atoms with Gasteiger partial charge in [-0.3, -0.25) is 0 Å². The first-order valence-corrected chi connectivity index (χ1v) is 6.64. The Bertz CT molecular complexity index is 349. The average molecular weight is 223 g/mol. The van der Waals surface area contributed by atoms with E-state index in [0.717, 1.165) is 22.1 Å². The fourth-order valence-corrected chi connectivity index (χ4v) is 3.82. The zero-order valence-electron chi connectivity index (χ0n) is 8.85. The summed E-state index contributed by atoms with van der Waals surface area (Å²) in [5, 5.41) is 1.98. The Morgan fingerprint density at radius 2 is 2.20 bits per heavy atom. The third-order valence-corrected chi connectivity index (χ3v) is 4.63. The molecule has 1 aliphatic carbocycles. The third kappa shape index (κ3) is 1.61. The van der Waals surface area contributed by atoms with Crippen molar-refractivity contribution in [2.45, 2.75) is 38.1 Å². The molecular formula is C11H17N3S. The number of hydrogen-bond donors (Lipinski definition) is 1. The molecule has 15 heavy (non-hydrogen) atoms. The molecule has 0 aromatic carbocycles. The number of thiazole rings is 1. The van der Waals surface area contributed by atoms with Gasteiger partial charge in [0.15, 0.2) is 5.13 Å². The van der Waals surface area contributed by atoms with Gasteiger partial charge in [0.1, 0.15) is 5.00 Å². The van der Waals surface area contributed by atoms with E-state index in [1.54, 1.807) is 17.5 Å². The molecule has 0 amide bonds. The third-order valence-electron chi connectivity index (χ3n) is 3.77. The van der Waals surface area contributed by atoms with E-state index in [4.69, 9.17) is 5.73 Å². The minimum atomic E-state index is 0.754. The Kier molecular flexibility index (Phi) is 2.31. The smallest absolute Gasteiger partial charge is 0.187 e. The molecule has 0 spiro atoms. The lowest BCUT2D eigenvalue weighted by atomic mass is 9.85. The Labute approximate surface area is 94.3 Å². The second kappa shape index (κ2) is 3.67. The van der Waals surface area contributed by atoms with Gasteiger partial charge in [0.25, 0.3) is 0 Å². The van der Waals surface area contributed by atoms with Gasteiger partial charge in [0.05, 0.1) is 6.20 Å². The van der Waals surface area contributed by atoms with Crippen molar-refractivity contribution in [1.29, 1.82) is 0 Å². The maximum Gasteiger partial charge on any atom is 0.187 e. The molecule has 2 unspecified atom stereocenters. The summed E-state index contributed by atoms with van der Waals surface area (Å²) in [4.78, 5) is 6.90. The van der Waals surface area contributed by atoms with Gasteiger partial charge in [-0.05, 0) is 25.2 Å². The van der Waals surface area contributed by atoms with Gasteiger partial charge < -0.3 is 10.6 Å². The van der Waals surface area contributed by atoms with Gasteiger partial charge >= 0.3 is 0 Å². The van der Waals surface area contributed by atoms with E-state index < -0.39 is 0 Å². The number of nitrogens with two attached hydrogens (primary N) is 1. The molecule has 4 heteroatoms. The summed E-state index contributed by atoms with van der Waals surface area (Å²) in [6.07, 6.45) is 8.72. The molecule has 1 aromatic heterocycles. The number of aromatic nitrogens is 1. The van der Waals surface area contributed by atoms with Crippen molar-refractivity contribution in [3.05, 3.63) is 6.20 Å². The minimum Gasteiger partial charge on any atom is -0.389 e. The molecule has 0 bridgehead atoms. The first-order chi connectivity index (χ1) is 7.34. The lowest BCUT2D eigenvalue weighted by Gasteiger charge is -2.31. The van der Waals surface area contributed by atoms with Gasteiger partial charge in [-0.15, -0.1) is 0 Å². The first-order valence-electron chi connectivity index (χ1n) is 5.82. The number of hydrogen-bond acceptors (Lipinski definition) is 4. The predicted molar refractivity (Wildman–Crippen MR) is 64.2 cm³/mol. The SMILES string of the molecule is Nc1cnc(N2CCC3CCCCC32)s1. The molecule has 2 fully saturated rings. The first kappa shape index (κ1) is 9.46. The maximum absolute atomic E-state index is 5.74. The lowest BCUT2D eigenvalue weighted by molar-refractivity contribution is 0.342. The van der Waals surface area contributed by atoms with Gasteiger partial charge in [0.2, 0.25) is 0 Å². The van der Waals surface area contributed by atoms with Crippen molar-refractivity contribution in [2.24, 2.45) is 5.92 Å². The summed E-state index contributed by atoms with van der Waals surface area (Å²) in [7, 11) is 0. The quantitative estimate of drug-likeness (QED) is 0.795. The number of nitrogens with zero attached hydrogens (tertiary/aromatic N) is 2. The minimum absolute atomic E-state index is 0.754. The Morgan fingerprint density at radius 1 is 1.33 bits per heavy atom. The number of fused-ring (bicyclic) bond motifs is 1. The summed E-state index contributed by atoms with van der Waals surface area (Å²) in [6.45, 7) is 1.18. The van der Waals surface area contributed by atoms with Crippen LogP contribution in [0.25, 0.3) is 0 Å². The Hall–Kier alpha value is -0.770. The molecule has 1 saturated carbocycles. The Morgan fingerprint density at radius 3 is 3.00 bits per heavy atom. The van der Waals surface area contributed by atoms with E-state index in [1.165, 1.54) is 38.6 Å². The van der Waals surface area contributed by atoms with Crippen molar-refractivity contribution in [3.63, 3.8) is 0 Å². The van der Waals surface area contributed by atoms with Crippen LogP contribution in [-0.2, 0) is 0 Å². The number of anilines is 2. The van der Waals surface area contributed by atoms with E-state index in [2.05, 4.69) is 9.88 Å². The normalized spacial score (nSPS) is 30.5. The largest absolute Gasteiger partial charge is 0.389 e. The molecule has 1 saturated heterocycles. The average Bonchev–Trinajstić information content (AvgIpc) is 2.83. The Balaban J connectivity index is 1.82. The highest BCUT2D eigenvalue weighted by molar-refractivity contribution is 7.19. The molecule has 1 aromatic rings.